The lowest BCUT2D eigenvalue weighted by atomic mass is 9.99. The molecule has 1 aliphatic heterocycles. The Morgan fingerprint density at radius 2 is 0.923 bits per heavy atom. The van der Waals surface area contributed by atoms with Gasteiger partial charge in [-0.1, -0.05) is 133 Å². The van der Waals surface area contributed by atoms with Crippen molar-refractivity contribution in [2.75, 3.05) is 0 Å². The maximum absolute atomic E-state index is 14.4. The summed E-state index contributed by atoms with van der Waals surface area (Å²) in [5.41, 5.74) is 1.20. The van der Waals surface area contributed by atoms with Crippen LogP contribution in [0.3, 0.4) is 0 Å². The van der Waals surface area contributed by atoms with Crippen LogP contribution in [-0.4, -0.2) is 23.4 Å². The van der Waals surface area contributed by atoms with E-state index in [2.05, 4.69) is 15.0 Å². The van der Waals surface area contributed by atoms with Crippen molar-refractivity contribution in [1.29, 1.82) is 0 Å². The van der Waals surface area contributed by atoms with Gasteiger partial charge in [-0.2, -0.15) is 0 Å². The van der Waals surface area contributed by atoms with Crippen LogP contribution in [0.15, 0.2) is 178 Å². The van der Waals surface area contributed by atoms with E-state index in [-0.39, 0.29) is 21.2 Å². The number of nitrogens with zero attached hydrogens (tertiary/aromatic N) is 3. The van der Waals surface area contributed by atoms with Crippen molar-refractivity contribution < 1.29 is 32.0 Å². The van der Waals surface area contributed by atoms with Crippen molar-refractivity contribution in [3.05, 3.63) is 163 Å². The van der Waals surface area contributed by atoms with E-state index in [1.54, 1.807) is 18.2 Å². The quantitative estimate of drug-likeness (QED) is 0.177. The third kappa shape index (κ3) is 4.93. The van der Waals surface area contributed by atoms with Crippen LogP contribution in [0.5, 0.6) is 0 Å². The predicted molar refractivity (Wildman–Crippen MR) is 205 cm³/mol. The van der Waals surface area contributed by atoms with E-state index >= 15 is 0 Å². The van der Waals surface area contributed by atoms with Crippen LogP contribution in [0, 0.1) is 0 Å². The fourth-order valence-electron chi connectivity index (χ4n) is 6.29. The van der Waals surface area contributed by atoms with Gasteiger partial charge in [0.15, 0.2) is 17.5 Å². The molecule has 0 atom stereocenters. The van der Waals surface area contributed by atoms with Crippen LogP contribution < -0.4 is 0 Å². The molecule has 0 bridgehead atoms. The van der Waals surface area contributed by atoms with Crippen molar-refractivity contribution in [2.45, 2.75) is 9.79 Å². The highest BCUT2D eigenvalue weighted by Gasteiger charge is 2.34. The zero-order valence-corrected chi connectivity index (χ0v) is 27.3. The molecule has 9 aromatic rings. The number of hydrogen-bond donors (Lipinski definition) is 0. The molecule has 6 nitrogen and oxygen atoms in total. The van der Waals surface area contributed by atoms with Gasteiger partial charge in [0.25, 0.3) is 0 Å². The molecule has 0 radical (unpaired) electrons. The third-order valence-corrected chi connectivity index (χ3v) is 10.6. The molecule has 2 aromatic heterocycles. The smallest absolute Gasteiger partial charge is 0.207 e. The first-order valence-corrected chi connectivity index (χ1v) is 17.3. The van der Waals surface area contributed by atoms with Gasteiger partial charge in [-0.25, -0.2) is 23.4 Å². The van der Waals surface area contributed by atoms with E-state index < -0.39 is 128 Å². The number of sulfone groups is 1. The molecule has 52 heavy (non-hydrogen) atoms. The molecule has 7 heteroatoms. The molecule has 1 aliphatic rings. The molecule has 0 fully saturated rings. The van der Waals surface area contributed by atoms with E-state index in [0.717, 1.165) is 10.8 Å². The highest BCUT2D eigenvalue weighted by molar-refractivity contribution is 7.92. The summed E-state index contributed by atoms with van der Waals surface area (Å²) in [5.74, 6) is -1.46. The second-order valence-electron chi connectivity index (χ2n) is 11.8. The first kappa shape index (κ1) is 19.1. The normalized spacial score (nSPS) is 16.7. The minimum atomic E-state index is -4.22. The summed E-state index contributed by atoms with van der Waals surface area (Å²) in [7, 11) is -4.22. The Balaban J connectivity index is 1.14. The average Bonchev–Trinajstić information content (AvgIpc) is 3.79. The van der Waals surface area contributed by atoms with Gasteiger partial charge in [0.05, 0.1) is 29.0 Å². The van der Waals surface area contributed by atoms with E-state index in [4.69, 9.17) is 23.6 Å². The highest BCUT2D eigenvalue weighted by atomic mass is 32.2. The molecule has 0 spiro atoms. The average molecular weight is 704 g/mol. The minimum Gasteiger partial charge on any atom is -0.456 e. The largest absolute Gasteiger partial charge is 0.456 e. The van der Waals surface area contributed by atoms with Gasteiger partial charge in [-0.15, -0.1) is 0 Å². The minimum absolute atomic E-state index is 0.0239. The number of para-hydroxylation sites is 1. The number of furan rings is 1. The molecular weight excluding hydrogens is 663 g/mol. The zero-order valence-electron chi connectivity index (χ0n) is 40.5. The summed E-state index contributed by atoms with van der Waals surface area (Å²) in [5, 5.41) is 1.85. The zero-order chi connectivity index (χ0) is 47.0. The second-order valence-corrected chi connectivity index (χ2v) is 13.7. The number of rotatable bonds is 5. The maximum Gasteiger partial charge on any atom is 0.207 e. The van der Waals surface area contributed by atoms with Gasteiger partial charge in [0.1, 0.15) is 11.2 Å². The summed E-state index contributed by atoms with van der Waals surface area (Å²) in [6.45, 7) is 0. The van der Waals surface area contributed by atoms with E-state index in [1.165, 1.54) is 18.2 Å². The highest BCUT2D eigenvalue weighted by Crippen LogP contribution is 2.46. The summed E-state index contributed by atoms with van der Waals surface area (Å²) in [4.78, 5) is 13.2. The van der Waals surface area contributed by atoms with Crippen molar-refractivity contribution in [1.82, 2.24) is 15.0 Å². The Morgan fingerprint density at radius 1 is 0.442 bits per heavy atom. The van der Waals surface area contributed by atoms with Gasteiger partial charge in [0.2, 0.25) is 9.84 Å². The molecule has 246 valence electrons. The number of benzene rings is 7. The topological polar surface area (TPSA) is 86.0 Å². The molecule has 0 unspecified atom stereocenters. The van der Waals surface area contributed by atoms with Gasteiger partial charge in [0, 0.05) is 38.6 Å². The molecule has 3 heterocycles. The Labute approximate surface area is 319 Å². The van der Waals surface area contributed by atoms with Crippen LogP contribution in [0.2, 0.25) is 0 Å². The van der Waals surface area contributed by atoms with Crippen LogP contribution in [0.4, 0.5) is 0 Å². The van der Waals surface area contributed by atoms with Gasteiger partial charge < -0.3 is 4.42 Å². The van der Waals surface area contributed by atoms with E-state index in [9.17, 15) is 8.42 Å². The molecule has 0 aliphatic carbocycles. The van der Waals surface area contributed by atoms with E-state index in [1.807, 2.05) is 42.5 Å². The molecule has 10 rings (SSSR count). The Kier molecular flexibility index (Phi) is 4.28. The molecule has 0 N–H and O–H groups in total. The van der Waals surface area contributed by atoms with Crippen molar-refractivity contribution in [2.24, 2.45) is 0 Å². The summed E-state index contributed by atoms with van der Waals surface area (Å²) < 4.78 is 154. The lowest BCUT2D eigenvalue weighted by molar-refractivity contribution is 0.598. The summed E-state index contributed by atoms with van der Waals surface area (Å²) in [6.07, 6.45) is 0. The predicted octanol–water partition coefficient (Wildman–Crippen LogP) is 10.9. The number of hydrogen-bond acceptors (Lipinski definition) is 6. The monoisotopic (exact) mass is 703 g/mol. The summed E-state index contributed by atoms with van der Waals surface area (Å²) in [6, 6.07) is 11.9. The lowest BCUT2D eigenvalue weighted by Gasteiger charge is -2.10. The second kappa shape index (κ2) is 11.7. The third-order valence-electron chi connectivity index (χ3n) is 8.76. The maximum atomic E-state index is 14.4. The van der Waals surface area contributed by atoms with Gasteiger partial charge in [-0.3, -0.25) is 0 Å². The Bertz CT molecular complexity index is 3720. The van der Waals surface area contributed by atoms with Crippen molar-refractivity contribution in [3.63, 3.8) is 0 Å². The standard InChI is InChI=1S/C45H27N3O3S/c49-52(50)41-26-33(32-19-22-36-35-13-7-8-14-39(35)51-40(36)25-32)20-23-37(41)38-24-21-34(27-42(38)52)45-47-43(30-11-5-2-6-12-30)46-44(48-45)31-17-15-29(16-18-31)28-9-3-1-4-10-28/h1-27H/i1D,2D,3D,4D,5D,6D,9D,10D,11D,12D,15D,16D,17D,18D. The fourth-order valence-corrected chi connectivity index (χ4v) is 8.03. The van der Waals surface area contributed by atoms with Crippen molar-refractivity contribution >= 4 is 31.8 Å². The Morgan fingerprint density at radius 3 is 1.62 bits per heavy atom. The van der Waals surface area contributed by atoms with E-state index in [0.29, 0.717) is 33.4 Å². The van der Waals surface area contributed by atoms with Crippen LogP contribution in [0.25, 0.3) is 89.5 Å². The van der Waals surface area contributed by atoms with Crippen LogP contribution in [-0.2, 0) is 9.84 Å². The number of fused-ring (bicyclic) bond motifs is 6. The number of aromatic nitrogens is 3. The molecule has 0 saturated heterocycles. The van der Waals surface area contributed by atoms with Crippen molar-refractivity contribution in [3.8, 4) is 67.5 Å². The van der Waals surface area contributed by atoms with Gasteiger partial charge >= 0.3 is 0 Å². The molecule has 7 aromatic carbocycles. The van der Waals surface area contributed by atoms with Crippen LogP contribution in [0.1, 0.15) is 19.2 Å². The fraction of sp³-hybridized carbons (Fsp3) is 0. The SMILES string of the molecule is [2H]c1c([2H])c([2H])c(-c2nc(-c3ccc4c(c3)S(=O)(=O)c3cc(-c5ccc6c(c5)oc5ccccc56)ccc3-4)nc(-c3c([2H])c([2H])c(-c4c([2H])c([2H])c([2H])c([2H])c4[2H])c([2H])c3[2H])n2)c([2H])c1[2H]. The molecule has 0 saturated carbocycles. The Hall–Kier alpha value is -6.70. The van der Waals surface area contributed by atoms with Gasteiger partial charge in [-0.05, 0) is 52.6 Å². The molecule has 0 amide bonds. The summed E-state index contributed by atoms with van der Waals surface area (Å²) >= 11 is 0. The molecular formula is C45H27N3O3S. The van der Waals surface area contributed by atoms with Crippen LogP contribution >= 0.6 is 0 Å². The first-order chi connectivity index (χ1) is 31.3. The first-order valence-electron chi connectivity index (χ1n) is 22.8. The lowest BCUT2D eigenvalue weighted by Crippen LogP contribution is -2.01.